The number of imidazole rings is 1. The minimum Gasteiger partial charge on any atom is -0.490 e. The van der Waals surface area contributed by atoms with Gasteiger partial charge in [-0.1, -0.05) is 30.3 Å². The molecule has 0 unspecified atom stereocenters. The number of carbonyl (C=O) groups is 1. The van der Waals surface area contributed by atoms with Crippen molar-refractivity contribution in [3.63, 3.8) is 0 Å². The highest BCUT2D eigenvalue weighted by atomic mass is 16.5. The van der Waals surface area contributed by atoms with E-state index in [1.54, 1.807) is 24.3 Å². The van der Waals surface area contributed by atoms with Gasteiger partial charge in [0.25, 0.3) is 5.91 Å². The van der Waals surface area contributed by atoms with Crippen LogP contribution in [0, 0.1) is 0 Å². The molecule has 5 aromatic rings. The lowest BCUT2D eigenvalue weighted by Crippen LogP contribution is -2.20. The first-order chi connectivity index (χ1) is 15.6. The molecule has 0 atom stereocenters. The van der Waals surface area contributed by atoms with E-state index in [9.17, 15) is 9.59 Å². The molecule has 3 aromatic heterocycles. The quantitative estimate of drug-likeness (QED) is 0.411. The Bertz CT molecular complexity index is 1480. The molecule has 0 saturated heterocycles. The summed E-state index contributed by atoms with van der Waals surface area (Å²) in [4.78, 5) is 30.0. The van der Waals surface area contributed by atoms with Gasteiger partial charge in [-0.2, -0.15) is 0 Å². The molecule has 0 aliphatic heterocycles. The van der Waals surface area contributed by atoms with Gasteiger partial charge in [0, 0.05) is 29.0 Å². The molecule has 0 spiro atoms. The number of ether oxygens (including phenoxy) is 1. The number of carbonyl (C=O) groups excluding carboxylic acids is 1. The van der Waals surface area contributed by atoms with E-state index in [1.807, 2.05) is 60.1 Å². The zero-order chi connectivity index (χ0) is 22.1. The summed E-state index contributed by atoms with van der Waals surface area (Å²) in [6.07, 6.45) is 3.84. The Kier molecular flexibility index (Phi) is 4.91. The molecule has 1 amide bonds. The van der Waals surface area contributed by atoms with Gasteiger partial charge in [-0.3, -0.25) is 4.79 Å². The fourth-order valence-electron chi connectivity index (χ4n) is 3.57. The summed E-state index contributed by atoms with van der Waals surface area (Å²) < 4.78 is 12.8. The van der Waals surface area contributed by atoms with Crippen molar-refractivity contribution in [1.82, 2.24) is 9.38 Å². The minimum atomic E-state index is -0.723. The molecule has 0 radical (unpaired) electrons. The van der Waals surface area contributed by atoms with Crippen molar-refractivity contribution in [2.24, 2.45) is 0 Å². The number of fused-ring (bicyclic) bond motifs is 2. The van der Waals surface area contributed by atoms with Gasteiger partial charge in [-0.25, -0.2) is 9.78 Å². The van der Waals surface area contributed by atoms with E-state index in [-0.39, 0.29) is 5.56 Å². The van der Waals surface area contributed by atoms with Gasteiger partial charge in [0.05, 0.1) is 12.3 Å². The molecule has 3 heterocycles. The number of amides is 1. The molecule has 32 heavy (non-hydrogen) atoms. The highest BCUT2D eigenvalue weighted by molar-refractivity contribution is 6.05. The number of pyridine rings is 1. The average molecular weight is 425 g/mol. The van der Waals surface area contributed by atoms with Crippen LogP contribution in [0.1, 0.15) is 17.3 Å². The van der Waals surface area contributed by atoms with Gasteiger partial charge in [0.1, 0.15) is 11.2 Å². The summed E-state index contributed by atoms with van der Waals surface area (Å²) in [7, 11) is 0. The summed E-state index contributed by atoms with van der Waals surface area (Å²) in [6, 6.07) is 19.9. The Morgan fingerprint density at radius 1 is 1.09 bits per heavy atom. The standard InChI is InChI=1S/C25H19N3O4/c1-2-31-21-10-6-8-17-14-19(25(30)32-23(17)21)24(29)26-18-9-5-7-16(13-18)20-15-28-12-4-3-11-22(28)27-20/h3-15H,2H2,1H3,(H,26,29). The van der Waals surface area contributed by atoms with Crippen LogP contribution < -0.4 is 15.7 Å². The first kappa shape index (κ1) is 19.6. The third kappa shape index (κ3) is 3.60. The molecular formula is C25H19N3O4. The maximum atomic E-state index is 12.9. The summed E-state index contributed by atoms with van der Waals surface area (Å²) in [5.74, 6) is -0.0798. The lowest BCUT2D eigenvalue weighted by molar-refractivity contribution is 0.102. The molecule has 0 aliphatic carbocycles. The molecule has 0 fully saturated rings. The molecule has 5 rings (SSSR count). The van der Waals surface area contributed by atoms with Crippen LogP contribution in [0.5, 0.6) is 5.75 Å². The topological polar surface area (TPSA) is 85.8 Å². The molecule has 2 aromatic carbocycles. The van der Waals surface area contributed by atoms with Crippen molar-refractivity contribution in [3.05, 3.63) is 95.1 Å². The number of nitrogens with one attached hydrogen (secondary N) is 1. The minimum absolute atomic E-state index is 0.0794. The monoisotopic (exact) mass is 425 g/mol. The Morgan fingerprint density at radius 2 is 1.97 bits per heavy atom. The zero-order valence-electron chi connectivity index (χ0n) is 17.2. The SMILES string of the molecule is CCOc1cccc2cc(C(=O)Nc3cccc(-c4cn5ccccc5n4)c3)c(=O)oc12. The van der Waals surface area contributed by atoms with Gasteiger partial charge in [-0.05, 0) is 43.3 Å². The van der Waals surface area contributed by atoms with Crippen molar-refractivity contribution in [2.75, 3.05) is 11.9 Å². The molecule has 0 saturated carbocycles. The van der Waals surface area contributed by atoms with Gasteiger partial charge in [0.15, 0.2) is 11.3 Å². The molecule has 0 aliphatic rings. The third-order valence-corrected chi connectivity index (χ3v) is 5.05. The maximum Gasteiger partial charge on any atom is 0.349 e. The van der Waals surface area contributed by atoms with Gasteiger partial charge in [0.2, 0.25) is 0 Å². The van der Waals surface area contributed by atoms with E-state index in [2.05, 4.69) is 10.3 Å². The molecule has 7 nitrogen and oxygen atoms in total. The van der Waals surface area contributed by atoms with E-state index in [0.717, 1.165) is 16.9 Å². The first-order valence-electron chi connectivity index (χ1n) is 10.2. The second-order valence-electron chi connectivity index (χ2n) is 7.18. The fraction of sp³-hybridized carbons (Fsp3) is 0.0800. The van der Waals surface area contributed by atoms with E-state index in [0.29, 0.717) is 29.0 Å². The summed E-state index contributed by atoms with van der Waals surface area (Å²) in [5.41, 5.74) is 2.52. The lowest BCUT2D eigenvalue weighted by Gasteiger charge is -2.08. The van der Waals surface area contributed by atoms with E-state index in [1.165, 1.54) is 6.07 Å². The van der Waals surface area contributed by atoms with Crippen molar-refractivity contribution in [1.29, 1.82) is 0 Å². The zero-order valence-corrected chi connectivity index (χ0v) is 17.2. The second-order valence-corrected chi connectivity index (χ2v) is 7.18. The van der Waals surface area contributed by atoms with Crippen molar-refractivity contribution in [3.8, 4) is 17.0 Å². The van der Waals surface area contributed by atoms with Crippen LogP contribution in [0.2, 0.25) is 0 Å². The van der Waals surface area contributed by atoms with Crippen molar-refractivity contribution in [2.45, 2.75) is 6.92 Å². The molecule has 1 N–H and O–H groups in total. The summed E-state index contributed by atoms with van der Waals surface area (Å²) in [6.45, 7) is 2.28. The predicted molar refractivity (Wildman–Crippen MR) is 122 cm³/mol. The first-order valence-corrected chi connectivity index (χ1v) is 10.2. The average Bonchev–Trinajstić information content (AvgIpc) is 3.24. The van der Waals surface area contributed by atoms with Crippen LogP contribution >= 0.6 is 0 Å². The van der Waals surface area contributed by atoms with Crippen LogP contribution in [-0.2, 0) is 0 Å². The highest BCUT2D eigenvalue weighted by Crippen LogP contribution is 2.26. The number of nitrogens with zero attached hydrogens (tertiary/aromatic N) is 2. The van der Waals surface area contributed by atoms with Crippen LogP contribution in [0.3, 0.4) is 0 Å². The Balaban J connectivity index is 1.45. The van der Waals surface area contributed by atoms with E-state index < -0.39 is 11.5 Å². The number of aromatic nitrogens is 2. The van der Waals surface area contributed by atoms with Gasteiger partial charge >= 0.3 is 5.63 Å². The number of benzene rings is 2. The number of anilines is 1. The molecular weight excluding hydrogens is 406 g/mol. The summed E-state index contributed by atoms with van der Waals surface area (Å²) >= 11 is 0. The Morgan fingerprint density at radius 3 is 2.81 bits per heavy atom. The second kappa shape index (κ2) is 8.03. The van der Waals surface area contributed by atoms with Crippen molar-refractivity contribution >= 4 is 28.2 Å². The van der Waals surface area contributed by atoms with E-state index in [4.69, 9.17) is 9.15 Å². The molecule has 0 bridgehead atoms. The van der Waals surface area contributed by atoms with Crippen molar-refractivity contribution < 1.29 is 13.9 Å². The normalized spacial score (nSPS) is 11.0. The molecule has 158 valence electrons. The van der Waals surface area contributed by atoms with E-state index >= 15 is 0 Å². The largest absolute Gasteiger partial charge is 0.490 e. The van der Waals surface area contributed by atoms with Crippen LogP contribution in [0.4, 0.5) is 5.69 Å². The summed E-state index contributed by atoms with van der Waals surface area (Å²) in [5, 5.41) is 3.39. The number of rotatable bonds is 5. The number of para-hydroxylation sites is 1. The molecule has 7 heteroatoms. The number of hydrogen-bond donors (Lipinski definition) is 1. The Hall–Kier alpha value is -4.39. The third-order valence-electron chi connectivity index (χ3n) is 5.05. The predicted octanol–water partition coefficient (Wildman–Crippen LogP) is 4.76. The van der Waals surface area contributed by atoms with Crippen LogP contribution in [0.25, 0.3) is 27.9 Å². The smallest absolute Gasteiger partial charge is 0.349 e. The Labute approximate surface area is 182 Å². The fourth-order valence-corrected chi connectivity index (χ4v) is 3.57. The van der Waals surface area contributed by atoms with Gasteiger partial charge < -0.3 is 18.9 Å². The lowest BCUT2D eigenvalue weighted by atomic mass is 10.1. The van der Waals surface area contributed by atoms with Crippen LogP contribution in [-0.4, -0.2) is 21.9 Å². The number of hydrogen-bond acceptors (Lipinski definition) is 5. The van der Waals surface area contributed by atoms with Gasteiger partial charge in [-0.15, -0.1) is 0 Å². The van der Waals surface area contributed by atoms with Crippen LogP contribution in [0.15, 0.2) is 88.3 Å². The maximum absolute atomic E-state index is 12.9. The highest BCUT2D eigenvalue weighted by Gasteiger charge is 2.16.